The molecule has 2 spiro atoms. The van der Waals surface area contributed by atoms with E-state index in [-0.39, 0.29) is 77.5 Å². The normalized spacial score (nSPS) is 45.4. The number of nitrogens with zero attached hydrogens (tertiary/aromatic N) is 1. The molecule has 630 valence electrons. The molecule has 0 amide bonds. The molecule has 2 aromatic carbocycles. The minimum absolute atomic E-state index is 0.0688. The Morgan fingerprint density at radius 2 is 1.29 bits per heavy atom. The number of hydrogen-bond donors (Lipinski definition) is 8. The molecule has 0 saturated carbocycles. The number of phenols is 3. The second-order valence-electron chi connectivity index (χ2n) is 30.0. The molecule has 35 atom stereocenters. The molecule has 0 aromatic heterocycles. The van der Waals surface area contributed by atoms with Crippen molar-refractivity contribution >= 4 is 46.7 Å². The third kappa shape index (κ3) is 15.5. The quantitative estimate of drug-likeness (QED) is 0.0503. The predicted octanol–water partition coefficient (Wildman–Crippen LogP) is 1.92. The number of ether oxygens (including phenoxy) is 26. The molecule has 8 N–H and O–H groups in total. The van der Waals surface area contributed by atoms with Crippen LogP contribution in [0.2, 0.25) is 15.1 Å². The van der Waals surface area contributed by atoms with Crippen LogP contribution in [0.4, 0.5) is 0 Å². The first kappa shape index (κ1) is 85.6. The highest BCUT2D eigenvalue weighted by atomic mass is 35.5. The average Bonchev–Trinajstić information content (AvgIpc) is 1.56. The molecular formula is C70H96Cl3NO38. The number of nitro groups is 1. The summed E-state index contributed by atoms with van der Waals surface area (Å²) in [6.07, 6.45) is -41.2. The summed E-state index contributed by atoms with van der Waals surface area (Å²) < 4.78 is 160. The third-order valence-corrected chi connectivity index (χ3v) is 23.8. The molecule has 11 saturated heterocycles. The first-order valence-corrected chi connectivity index (χ1v) is 37.6. The Kier molecular flexibility index (Phi) is 25.6. The van der Waals surface area contributed by atoms with Gasteiger partial charge in [0.1, 0.15) is 131 Å². The fourth-order valence-corrected chi connectivity index (χ4v) is 17.7. The molecule has 42 heteroatoms. The SMILES string of the molecule is COC[C@H]1O[C@@H](O[C@@H]2OC[C@@H]3O[C@@]4(OC[C@H](OC(=O)c5c(C)cc(O)c(Cl)c5O)[C@@H]5OCO[C@H]54)O[C@H]3[C@H]2O)[C@@H](OC)[C@@H](O)[C@@H]1O[C@@H]1O[C@H](C)[C@H](OC)[C@H](O[C@@H]2O[C@H](C)[C@H]3OC4(C[C@@H](O)[C@H](O[C@H]5C[C@@H](O[C@@H]6CC(C)([N+](=O)[O-])[C@@H](OC)[C@H](C)O6)[C@H](OC(=O)c6c(C)c(Cl)c(O)c(Cl)c6OC)[C@@H](C)O5)[C@@H](C)O4)O[C@]3(C)[C@@H]2O)[C@H]1O. The molecule has 0 bridgehead atoms. The standard InChI is InChI=1S/C70H96Cl3NO38/c1-23-15-30(75)41(72)43(77)38(23)61(83)101-34-21-95-70(60-53(34)93-22-94-60)109-35-20-92-63(46(80)52(35)110-70)107-65-56(90-13)45(79)51(33(102-65)19-87-10)105-64-47(81)55(50(88-11)26(4)98-64)106-66-57(82)68(9)59(29(7)99-66)111-69(112-68)17-31(76)48(27(5)108-69)103-36-16-32(100-37-18-67(8,74(85)86)58(91-14)28(6)97-37)49(25(3)96-36)104-62(84)39-24(2)40(71)44(78)42(73)54(39)89-12/h15,25-29,31-37,45-53,55-60,63-66,75-82H,16-22H2,1-14H3/t25-,26-,27-,28+,29-,31-,32-,33-,34+,35+,36+,37-,45+,46-,47-,48-,49-,50+,51-,52-,53+,55-,56+,57-,58+,59-,60-,63+,64+,65+,66+,67?,68-,69?,70-/m1/s1. The van der Waals surface area contributed by atoms with Crippen LogP contribution >= 0.6 is 34.8 Å². The van der Waals surface area contributed by atoms with Gasteiger partial charge in [-0.25, -0.2) is 9.59 Å². The van der Waals surface area contributed by atoms with E-state index in [1.165, 1.54) is 69.3 Å². The molecule has 11 aliphatic rings. The first-order chi connectivity index (χ1) is 53.0. The lowest BCUT2D eigenvalue weighted by Crippen LogP contribution is -2.68. The smallest absolute Gasteiger partial charge is 0.342 e. The third-order valence-electron chi connectivity index (χ3n) is 22.6. The van der Waals surface area contributed by atoms with Gasteiger partial charge >= 0.3 is 17.9 Å². The summed E-state index contributed by atoms with van der Waals surface area (Å²) in [5, 5.41) is 104. The van der Waals surface area contributed by atoms with Crippen molar-refractivity contribution in [2.75, 3.05) is 62.2 Å². The highest BCUT2D eigenvalue weighted by Crippen LogP contribution is 2.53. The van der Waals surface area contributed by atoms with Crippen LogP contribution in [0, 0.1) is 24.0 Å². The molecule has 112 heavy (non-hydrogen) atoms. The molecule has 2 aromatic rings. The van der Waals surface area contributed by atoms with E-state index in [9.17, 15) is 60.6 Å². The number of aliphatic hydroxyl groups excluding tert-OH is 5. The molecule has 11 heterocycles. The zero-order valence-electron chi connectivity index (χ0n) is 63.3. The molecular weight excluding hydrogens is 1570 g/mol. The maximum Gasteiger partial charge on any atom is 0.342 e. The molecule has 2 unspecified atom stereocenters. The van der Waals surface area contributed by atoms with Crippen molar-refractivity contribution in [3.63, 3.8) is 0 Å². The zero-order valence-corrected chi connectivity index (χ0v) is 65.6. The fourth-order valence-electron chi connectivity index (χ4n) is 17.0. The molecule has 0 radical (unpaired) electrons. The van der Waals surface area contributed by atoms with Crippen LogP contribution in [0.15, 0.2) is 6.07 Å². The summed E-state index contributed by atoms with van der Waals surface area (Å²) in [5.74, 6) is -8.02. The van der Waals surface area contributed by atoms with Crippen molar-refractivity contribution in [1.82, 2.24) is 0 Å². The lowest BCUT2D eigenvalue weighted by molar-refractivity contribution is -0.595. The number of carbonyl (C=O) groups is 2. The highest BCUT2D eigenvalue weighted by Gasteiger charge is 2.70. The Bertz CT molecular complexity index is 3710. The van der Waals surface area contributed by atoms with Gasteiger partial charge in [-0.05, 0) is 72.6 Å². The molecule has 39 nitrogen and oxygen atoms in total. The summed E-state index contributed by atoms with van der Waals surface area (Å²) in [4.78, 5) is 39.9. The minimum atomic E-state index is -2.07. The number of phenolic OH excluding ortho intramolecular Hbond substituents is 3. The Hall–Kier alpha value is -4.27. The number of esters is 2. The van der Waals surface area contributed by atoms with Gasteiger partial charge in [0.25, 0.3) is 11.5 Å². The average molecular weight is 1670 g/mol. The molecule has 0 aliphatic carbocycles. The largest absolute Gasteiger partial charge is 0.506 e. The van der Waals surface area contributed by atoms with Gasteiger partial charge in [0, 0.05) is 46.7 Å². The van der Waals surface area contributed by atoms with Gasteiger partial charge in [-0.1, -0.05) is 34.8 Å². The van der Waals surface area contributed by atoms with Gasteiger partial charge in [-0.3, -0.25) is 10.1 Å². The summed E-state index contributed by atoms with van der Waals surface area (Å²) in [7, 11) is 6.51. The van der Waals surface area contributed by atoms with E-state index in [0.717, 1.165) is 0 Å². The van der Waals surface area contributed by atoms with Crippen LogP contribution in [0.25, 0.3) is 0 Å². The summed E-state index contributed by atoms with van der Waals surface area (Å²) >= 11 is 18.8. The summed E-state index contributed by atoms with van der Waals surface area (Å²) in [5.41, 5.74) is -3.74. The number of methoxy groups -OCH3 is 5. The van der Waals surface area contributed by atoms with Gasteiger partial charge in [0.05, 0.1) is 81.4 Å². The topological polar surface area (TPSA) is 479 Å². The van der Waals surface area contributed by atoms with Crippen molar-refractivity contribution in [3.05, 3.63) is 53.5 Å². The maximum absolute atomic E-state index is 14.3. The van der Waals surface area contributed by atoms with Crippen LogP contribution in [-0.4, -0.2) is 333 Å². The van der Waals surface area contributed by atoms with Gasteiger partial charge < -0.3 is 164 Å². The van der Waals surface area contributed by atoms with E-state index in [4.69, 9.17) is 158 Å². The first-order valence-electron chi connectivity index (χ1n) is 36.4. The van der Waals surface area contributed by atoms with Crippen molar-refractivity contribution in [1.29, 1.82) is 0 Å². The Morgan fingerprint density at radius 3 is 1.96 bits per heavy atom. The van der Waals surface area contributed by atoms with Crippen LogP contribution < -0.4 is 4.74 Å². The van der Waals surface area contributed by atoms with Gasteiger partial charge in [0.2, 0.25) is 0 Å². The highest BCUT2D eigenvalue weighted by molar-refractivity contribution is 6.39. The van der Waals surface area contributed by atoms with Crippen molar-refractivity contribution < 1.29 is 179 Å². The summed E-state index contributed by atoms with van der Waals surface area (Å²) in [6.45, 7) is 12.6. The van der Waals surface area contributed by atoms with E-state index in [1.54, 1.807) is 34.6 Å². The van der Waals surface area contributed by atoms with Gasteiger partial charge in [-0.2, -0.15) is 0 Å². The number of carbonyl (C=O) groups excluding carboxylic acids is 2. The minimum Gasteiger partial charge on any atom is -0.506 e. The lowest BCUT2D eigenvalue weighted by Gasteiger charge is -2.50. The number of hydrogen-bond acceptors (Lipinski definition) is 38. The number of aromatic hydroxyl groups is 3. The molecule has 11 aliphatic heterocycles. The monoisotopic (exact) mass is 1660 g/mol. The van der Waals surface area contributed by atoms with E-state index >= 15 is 0 Å². The number of benzene rings is 2. The second-order valence-corrected chi connectivity index (χ2v) is 31.1. The Balaban J connectivity index is 0.644. The summed E-state index contributed by atoms with van der Waals surface area (Å²) in [6, 6.07) is 1.19. The van der Waals surface area contributed by atoms with Crippen molar-refractivity contribution in [3.8, 4) is 23.0 Å². The Morgan fingerprint density at radius 1 is 0.598 bits per heavy atom. The lowest BCUT2D eigenvalue weighted by atomic mass is 9.85. The van der Waals surface area contributed by atoms with Gasteiger partial charge in [-0.15, -0.1) is 0 Å². The Labute approximate surface area is 656 Å². The zero-order chi connectivity index (χ0) is 81.0. The number of aryl methyl sites for hydroxylation is 1. The van der Waals surface area contributed by atoms with Crippen LogP contribution in [0.5, 0.6) is 23.0 Å². The van der Waals surface area contributed by atoms with Crippen LogP contribution in [0.1, 0.15) is 99.6 Å². The van der Waals surface area contributed by atoms with E-state index in [1.807, 2.05) is 0 Å². The maximum atomic E-state index is 14.3. The number of aliphatic hydroxyl groups is 5. The van der Waals surface area contributed by atoms with Crippen molar-refractivity contribution in [2.24, 2.45) is 0 Å². The predicted molar refractivity (Wildman–Crippen MR) is 368 cm³/mol. The number of halogens is 3. The number of fused-ring (bicyclic) bond motifs is 4. The van der Waals surface area contributed by atoms with E-state index < -0.39 is 259 Å². The van der Waals surface area contributed by atoms with Crippen molar-refractivity contribution in [2.45, 2.75) is 295 Å². The van der Waals surface area contributed by atoms with Crippen LogP contribution in [-0.2, 0) is 118 Å². The van der Waals surface area contributed by atoms with Crippen LogP contribution in [0.3, 0.4) is 0 Å². The molecule has 13 rings (SSSR count). The second kappa shape index (κ2) is 33.5. The van der Waals surface area contributed by atoms with E-state index in [0.29, 0.717) is 0 Å². The molecule has 11 fully saturated rings. The van der Waals surface area contributed by atoms with Gasteiger partial charge in [0.15, 0.2) is 79.4 Å². The van der Waals surface area contributed by atoms with E-state index in [2.05, 4.69) is 0 Å². The number of rotatable bonds is 21. The fraction of sp³-hybridized carbons (Fsp3) is 0.800.